The number of hydrogen-bond donors (Lipinski definition) is 1. The van der Waals surface area contributed by atoms with Gasteiger partial charge in [-0.3, -0.25) is 9.59 Å². The van der Waals surface area contributed by atoms with E-state index in [0.717, 1.165) is 11.3 Å². The normalized spacial score (nSPS) is 16.1. The highest BCUT2D eigenvalue weighted by molar-refractivity contribution is 5.98. The first kappa shape index (κ1) is 18.8. The van der Waals surface area contributed by atoms with Crippen molar-refractivity contribution in [2.24, 2.45) is 5.73 Å². The van der Waals surface area contributed by atoms with Crippen LogP contribution in [0.5, 0.6) is 0 Å². The highest BCUT2D eigenvalue weighted by Gasteiger charge is 2.22. The van der Waals surface area contributed by atoms with E-state index < -0.39 is 0 Å². The van der Waals surface area contributed by atoms with Crippen LogP contribution >= 0.6 is 0 Å². The molecule has 4 nitrogen and oxygen atoms in total. The number of likely N-dealkylation sites (N-methyl/N-ethyl adjacent to an activating group) is 1. The Hall–Kier alpha value is -2.98. The van der Waals surface area contributed by atoms with Crippen LogP contribution in [0.2, 0.25) is 0 Å². The summed E-state index contributed by atoms with van der Waals surface area (Å²) in [5.74, 6) is 0.155. The number of ketones is 2. The summed E-state index contributed by atoms with van der Waals surface area (Å²) in [5, 5.41) is 0. The molecule has 0 saturated heterocycles. The van der Waals surface area contributed by atoms with Gasteiger partial charge in [-0.15, -0.1) is 0 Å². The molecule has 0 aromatic heterocycles. The first-order chi connectivity index (χ1) is 13.1. The predicted octanol–water partition coefficient (Wildman–Crippen LogP) is 3.75. The minimum atomic E-state index is -0.0599. The summed E-state index contributed by atoms with van der Waals surface area (Å²) >= 11 is 0. The van der Waals surface area contributed by atoms with Crippen molar-refractivity contribution in [3.8, 4) is 0 Å². The van der Waals surface area contributed by atoms with Crippen LogP contribution in [0.1, 0.15) is 39.1 Å². The van der Waals surface area contributed by atoms with Crippen molar-refractivity contribution in [3.05, 3.63) is 95.2 Å². The van der Waals surface area contributed by atoms with Gasteiger partial charge in [-0.2, -0.15) is 0 Å². The maximum absolute atomic E-state index is 12.6. The molecule has 0 saturated carbocycles. The van der Waals surface area contributed by atoms with Crippen molar-refractivity contribution in [1.29, 1.82) is 0 Å². The third kappa shape index (κ3) is 4.60. The molecule has 1 unspecified atom stereocenters. The van der Waals surface area contributed by atoms with E-state index in [1.165, 1.54) is 0 Å². The van der Waals surface area contributed by atoms with E-state index in [2.05, 4.69) is 0 Å². The lowest BCUT2D eigenvalue weighted by atomic mass is 9.97. The molecular formula is C23H24N2O2. The Morgan fingerprint density at radius 1 is 0.963 bits per heavy atom. The van der Waals surface area contributed by atoms with Crippen LogP contribution in [0.4, 0.5) is 0 Å². The van der Waals surface area contributed by atoms with Gasteiger partial charge in [0.25, 0.3) is 0 Å². The van der Waals surface area contributed by atoms with Gasteiger partial charge in [-0.1, -0.05) is 66.7 Å². The van der Waals surface area contributed by atoms with Gasteiger partial charge in [0, 0.05) is 36.8 Å². The summed E-state index contributed by atoms with van der Waals surface area (Å²) in [4.78, 5) is 27.2. The second kappa shape index (κ2) is 8.60. The van der Waals surface area contributed by atoms with Crippen molar-refractivity contribution in [2.45, 2.75) is 25.4 Å². The molecule has 0 bridgehead atoms. The van der Waals surface area contributed by atoms with Gasteiger partial charge in [0.05, 0.1) is 12.5 Å². The molecule has 3 rings (SSSR count). The average molecular weight is 360 g/mol. The van der Waals surface area contributed by atoms with Crippen LogP contribution in [0.15, 0.2) is 78.5 Å². The molecule has 0 spiro atoms. The molecule has 1 aliphatic rings. The Morgan fingerprint density at radius 2 is 1.63 bits per heavy atom. The molecule has 0 radical (unpaired) electrons. The lowest BCUT2D eigenvalue weighted by Crippen LogP contribution is -2.34. The summed E-state index contributed by atoms with van der Waals surface area (Å²) < 4.78 is 0. The minimum Gasteiger partial charge on any atom is -0.371 e. The SMILES string of the molecule is CN1C(CC(=O)c2ccccc2)=CC=CC1CC(=O)c1ccc(CN)cc1. The van der Waals surface area contributed by atoms with E-state index in [9.17, 15) is 9.59 Å². The molecule has 2 aromatic rings. The number of Topliss-reactive ketones (excluding diaryl/α,β-unsaturated/α-hetero) is 2. The highest BCUT2D eigenvalue weighted by atomic mass is 16.1. The smallest absolute Gasteiger partial charge is 0.168 e. The van der Waals surface area contributed by atoms with Gasteiger partial charge < -0.3 is 10.6 Å². The van der Waals surface area contributed by atoms with E-state index >= 15 is 0 Å². The number of allylic oxidation sites excluding steroid dienone is 3. The minimum absolute atomic E-state index is 0.0599. The number of nitrogens with zero attached hydrogens (tertiary/aromatic N) is 1. The largest absolute Gasteiger partial charge is 0.371 e. The van der Waals surface area contributed by atoms with E-state index in [4.69, 9.17) is 5.73 Å². The van der Waals surface area contributed by atoms with Crippen molar-refractivity contribution < 1.29 is 9.59 Å². The van der Waals surface area contributed by atoms with E-state index in [1.807, 2.05) is 84.8 Å². The van der Waals surface area contributed by atoms with Crippen LogP contribution in [0, 0.1) is 0 Å². The highest BCUT2D eigenvalue weighted by Crippen LogP contribution is 2.22. The Bertz CT molecular complexity index is 867. The van der Waals surface area contributed by atoms with Crippen molar-refractivity contribution >= 4 is 11.6 Å². The molecular weight excluding hydrogens is 336 g/mol. The molecule has 138 valence electrons. The zero-order chi connectivity index (χ0) is 19.2. The van der Waals surface area contributed by atoms with Crippen LogP contribution in [0.25, 0.3) is 0 Å². The van der Waals surface area contributed by atoms with Gasteiger partial charge in [-0.25, -0.2) is 0 Å². The Balaban J connectivity index is 1.64. The number of nitrogens with two attached hydrogens (primary N) is 1. The average Bonchev–Trinajstić information content (AvgIpc) is 2.71. The number of rotatable bonds is 7. The number of carbonyl (C=O) groups is 2. The Labute approximate surface area is 160 Å². The summed E-state index contributed by atoms with van der Waals surface area (Å²) in [6, 6.07) is 16.6. The van der Waals surface area contributed by atoms with E-state index in [-0.39, 0.29) is 17.6 Å². The zero-order valence-corrected chi connectivity index (χ0v) is 15.5. The molecule has 1 atom stereocenters. The number of benzene rings is 2. The Morgan fingerprint density at radius 3 is 2.30 bits per heavy atom. The lowest BCUT2D eigenvalue weighted by molar-refractivity contribution is 0.0954. The topological polar surface area (TPSA) is 63.4 Å². The molecule has 1 aliphatic heterocycles. The zero-order valence-electron chi connectivity index (χ0n) is 15.5. The second-order valence-electron chi connectivity index (χ2n) is 6.72. The van der Waals surface area contributed by atoms with Crippen molar-refractivity contribution in [1.82, 2.24) is 4.90 Å². The monoisotopic (exact) mass is 360 g/mol. The summed E-state index contributed by atoms with van der Waals surface area (Å²) in [7, 11) is 1.93. The van der Waals surface area contributed by atoms with Gasteiger partial charge in [0.2, 0.25) is 0 Å². The predicted molar refractivity (Wildman–Crippen MR) is 107 cm³/mol. The van der Waals surface area contributed by atoms with Crippen molar-refractivity contribution in [2.75, 3.05) is 7.05 Å². The number of hydrogen-bond acceptors (Lipinski definition) is 4. The maximum atomic E-state index is 12.6. The third-order valence-electron chi connectivity index (χ3n) is 4.92. The molecule has 0 aliphatic carbocycles. The summed E-state index contributed by atoms with van der Waals surface area (Å²) in [5.41, 5.74) is 8.92. The fourth-order valence-corrected chi connectivity index (χ4v) is 3.17. The summed E-state index contributed by atoms with van der Waals surface area (Å²) in [6.45, 7) is 0.464. The lowest BCUT2D eigenvalue weighted by Gasteiger charge is -2.32. The molecule has 1 heterocycles. The van der Waals surface area contributed by atoms with Gasteiger partial charge in [-0.05, 0) is 11.6 Å². The second-order valence-corrected chi connectivity index (χ2v) is 6.72. The molecule has 0 fully saturated rings. The molecule has 4 heteroatoms. The number of carbonyl (C=O) groups excluding carboxylic acids is 2. The van der Waals surface area contributed by atoms with E-state index in [0.29, 0.717) is 30.5 Å². The Kier molecular flexibility index (Phi) is 5.99. The van der Waals surface area contributed by atoms with Crippen LogP contribution < -0.4 is 5.73 Å². The standard InChI is InChI=1S/C23H24N2O2/c1-25-20(14-22(26)18-6-3-2-4-7-18)8-5-9-21(25)15-23(27)19-12-10-17(16-24)11-13-19/h2-13,21H,14-16,24H2,1H3. The first-order valence-electron chi connectivity index (χ1n) is 9.09. The quantitative estimate of drug-likeness (QED) is 0.764. The van der Waals surface area contributed by atoms with Crippen LogP contribution in [-0.4, -0.2) is 29.6 Å². The fraction of sp³-hybridized carbons (Fsp3) is 0.217. The van der Waals surface area contributed by atoms with Crippen LogP contribution in [-0.2, 0) is 6.54 Å². The molecule has 0 amide bonds. The van der Waals surface area contributed by atoms with Crippen molar-refractivity contribution in [3.63, 3.8) is 0 Å². The van der Waals surface area contributed by atoms with E-state index in [1.54, 1.807) is 0 Å². The molecule has 2 N–H and O–H groups in total. The maximum Gasteiger partial charge on any atom is 0.168 e. The molecule has 2 aromatic carbocycles. The molecule has 27 heavy (non-hydrogen) atoms. The third-order valence-corrected chi connectivity index (χ3v) is 4.92. The summed E-state index contributed by atoms with van der Waals surface area (Å²) in [6.07, 6.45) is 6.57. The van der Waals surface area contributed by atoms with Gasteiger partial charge in [0.1, 0.15) is 0 Å². The van der Waals surface area contributed by atoms with Gasteiger partial charge >= 0.3 is 0 Å². The van der Waals surface area contributed by atoms with Gasteiger partial charge in [0.15, 0.2) is 11.6 Å². The van der Waals surface area contributed by atoms with Crippen LogP contribution in [0.3, 0.4) is 0 Å². The fourth-order valence-electron chi connectivity index (χ4n) is 3.17. The first-order valence-corrected chi connectivity index (χ1v) is 9.09.